The van der Waals surface area contributed by atoms with Gasteiger partial charge < -0.3 is 5.11 Å². The minimum absolute atomic E-state index is 0.427. The van der Waals surface area contributed by atoms with E-state index in [-0.39, 0.29) is 0 Å². The highest BCUT2D eigenvalue weighted by atomic mass is 32.2. The molecule has 0 aliphatic heterocycles. The van der Waals surface area contributed by atoms with Gasteiger partial charge in [0.25, 0.3) is 0 Å². The summed E-state index contributed by atoms with van der Waals surface area (Å²) in [6.45, 7) is 3.88. The predicted molar refractivity (Wildman–Crippen MR) is 72.4 cm³/mol. The van der Waals surface area contributed by atoms with Crippen molar-refractivity contribution in [3.8, 4) is 0 Å². The molecule has 0 unspecified atom stereocenters. The van der Waals surface area contributed by atoms with Crippen molar-refractivity contribution in [3.63, 3.8) is 0 Å². The second-order valence-electron chi connectivity index (χ2n) is 4.13. The minimum Gasteiger partial charge on any atom is -0.389 e. The minimum atomic E-state index is -0.427. The van der Waals surface area contributed by atoms with E-state index < -0.39 is 6.10 Å². The molecule has 2 aromatic rings. The van der Waals surface area contributed by atoms with Crippen LogP contribution < -0.4 is 0 Å². The van der Waals surface area contributed by atoms with Crippen molar-refractivity contribution in [3.05, 3.63) is 59.7 Å². The van der Waals surface area contributed by atoms with E-state index in [1.807, 2.05) is 24.3 Å². The van der Waals surface area contributed by atoms with Gasteiger partial charge in [0.15, 0.2) is 0 Å². The first-order valence-corrected chi connectivity index (χ1v) is 6.50. The summed E-state index contributed by atoms with van der Waals surface area (Å²) in [6.07, 6.45) is -0.427. The lowest BCUT2D eigenvalue weighted by Gasteiger charge is -2.11. The fraction of sp³-hybridized carbons (Fsp3) is 0.200. The monoisotopic (exact) mass is 244 g/mol. The molecule has 0 amide bonds. The van der Waals surface area contributed by atoms with Gasteiger partial charge in [-0.15, -0.1) is 0 Å². The van der Waals surface area contributed by atoms with Crippen molar-refractivity contribution in [1.29, 1.82) is 0 Å². The maximum absolute atomic E-state index is 9.71. The lowest BCUT2D eigenvalue weighted by atomic mass is 10.1. The summed E-state index contributed by atoms with van der Waals surface area (Å²) < 4.78 is 0. The van der Waals surface area contributed by atoms with Crippen LogP contribution in [-0.4, -0.2) is 5.11 Å². The summed E-state index contributed by atoms with van der Waals surface area (Å²) in [5.74, 6) is 0. The number of benzene rings is 2. The Morgan fingerprint density at radius 2 is 1.65 bits per heavy atom. The molecule has 0 bridgehead atoms. The van der Waals surface area contributed by atoms with E-state index in [1.165, 1.54) is 10.5 Å². The van der Waals surface area contributed by atoms with Crippen LogP contribution in [0.15, 0.2) is 58.3 Å². The van der Waals surface area contributed by atoms with Crippen LogP contribution in [-0.2, 0) is 0 Å². The standard InChI is InChI=1S/C15H16OS/c1-11-7-9-13(10-8-11)17-15-6-4-3-5-14(15)12(2)16/h3-10,12,16H,1-2H3/t12-/m1/s1. The fourth-order valence-electron chi connectivity index (χ4n) is 1.65. The molecule has 0 radical (unpaired) electrons. The molecule has 0 saturated carbocycles. The molecule has 88 valence electrons. The van der Waals surface area contributed by atoms with E-state index in [0.29, 0.717) is 0 Å². The normalized spacial score (nSPS) is 12.4. The number of aryl methyl sites for hydroxylation is 1. The number of rotatable bonds is 3. The molecule has 0 spiro atoms. The molecule has 0 fully saturated rings. The highest BCUT2D eigenvalue weighted by molar-refractivity contribution is 7.99. The third-order valence-electron chi connectivity index (χ3n) is 2.62. The highest BCUT2D eigenvalue weighted by Gasteiger charge is 2.08. The molecule has 2 aromatic carbocycles. The fourth-order valence-corrected chi connectivity index (χ4v) is 2.68. The van der Waals surface area contributed by atoms with E-state index in [0.717, 1.165) is 10.5 Å². The molecular weight excluding hydrogens is 228 g/mol. The summed E-state index contributed by atoms with van der Waals surface area (Å²) in [6, 6.07) is 16.4. The molecule has 2 rings (SSSR count). The molecule has 17 heavy (non-hydrogen) atoms. The Morgan fingerprint density at radius 3 is 2.29 bits per heavy atom. The first-order valence-electron chi connectivity index (χ1n) is 5.68. The molecule has 2 heteroatoms. The Labute approximate surface area is 107 Å². The number of aliphatic hydroxyl groups is 1. The van der Waals surface area contributed by atoms with Crippen molar-refractivity contribution in [2.24, 2.45) is 0 Å². The van der Waals surface area contributed by atoms with Gasteiger partial charge in [-0.2, -0.15) is 0 Å². The zero-order valence-electron chi connectivity index (χ0n) is 10.1. The third kappa shape index (κ3) is 3.11. The first kappa shape index (κ1) is 12.2. The summed E-state index contributed by atoms with van der Waals surface area (Å²) in [4.78, 5) is 2.31. The Kier molecular flexibility index (Phi) is 3.87. The number of hydrogen-bond donors (Lipinski definition) is 1. The van der Waals surface area contributed by atoms with E-state index >= 15 is 0 Å². The van der Waals surface area contributed by atoms with Gasteiger partial charge in [0.1, 0.15) is 0 Å². The molecule has 0 aliphatic rings. The zero-order chi connectivity index (χ0) is 12.3. The Hall–Kier alpha value is -1.25. The summed E-state index contributed by atoms with van der Waals surface area (Å²) >= 11 is 1.69. The maximum atomic E-state index is 9.71. The average molecular weight is 244 g/mol. The molecule has 0 saturated heterocycles. The first-order chi connectivity index (χ1) is 8.16. The van der Waals surface area contributed by atoms with Crippen LogP contribution >= 0.6 is 11.8 Å². The van der Waals surface area contributed by atoms with Gasteiger partial charge in [-0.3, -0.25) is 0 Å². The lowest BCUT2D eigenvalue weighted by Crippen LogP contribution is -1.93. The van der Waals surface area contributed by atoms with Crippen LogP contribution in [0.2, 0.25) is 0 Å². The van der Waals surface area contributed by atoms with E-state index in [2.05, 4.69) is 31.2 Å². The van der Waals surface area contributed by atoms with Gasteiger partial charge in [0, 0.05) is 9.79 Å². The topological polar surface area (TPSA) is 20.2 Å². The van der Waals surface area contributed by atoms with Crippen molar-refractivity contribution < 1.29 is 5.11 Å². The SMILES string of the molecule is Cc1ccc(Sc2ccccc2[C@@H](C)O)cc1. The second kappa shape index (κ2) is 5.39. The van der Waals surface area contributed by atoms with Crippen molar-refractivity contribution in [2.75, 3.05) is 0 Å². The number of aliphatic hydroxyl groups excluding tert-OH is 1. The van der Waals surface area contributed by atoms with E-state index in [9.17, 15) is 5.11 Å². The summed E-state index contributed by atoms with van der Waals surface area (Å²) in [5.41, 5.74) is 2.25. The van der Waals surface area contributed by atoms with Crippen LogP contribution in [0.4, 0.5) is 0 Å². The lowest BCUT2D eigenvalue weighted by molar-refractivity contribution is 0.196. The van der Waals surface area contributed by atoms with Gasteiger partial charge in [-0.05, 0) is 37.6 Å². The smallest absolute Gasteiger partial charge is 0.0772 e. The molecular formula is C15H16OS. The van der Waals surface area contributed by atoms with Crippen LogP contribution in [0, 0.1) is 6.92 Å². The zero-order valence-corrected chi connectivity index (χ0v) is 10.9. The molecule has 1 N–H and O–H groups in total. The van der Waals surface area contributed by atoms with E-state index in [4.69, 9.17) is 0 Å². The van der Waals surface area contributed by atoms with Crippen molar-refractivity contribution in [1.82, 2.24) is 0 Å². The Bertz CT molecular complexity index is 489. The van der Waals surface area contributed by atoms with Gasteiger partial charge in [0.05, 0.1) is 6.10 Å². The van der Waals surface area contributed by atoms with Gasteiger partial charge in [0.2, 0.25) is 0 Å². The average Bonchev–Trinajstić information content (AvgIpc) is 2.32. The molecule has 1 atom stereocenters. The van der Waals surface area contributed by atoms with Crippen molar-refractivity contribution >= 4 is 11.8 Å². The summed E-state index contributed by atoms with van der Waals surface area (Å²) in [5, 5.41) is 9.71. The van der Waals surface area contributed by atoms with Crippen LogP contribution in [0.3, 0.4) is 0 Å². The molecule has 0 aromatic heterocycles. The second-order valence-corrected chi connectivity index (χ2v) is 5.24. The van der Waals surface area contributed by atoms with Gasteiger partial charge in [-0.25, -0.2) is 0 Å². The van der Waals surface area contributed by atoms with Gasteiger partial charge >= 0.3 is 0 Å². The highest BCUT2D eigenvalue weighted by Crippen LogP contribution is 2.33. The van der Waals surface area contributed by atoms with Crippen LogP contribution in [0.25, 0.3) is 0 Å². The Morgan fingerprint density at radius 1 is 1.00 bits per heavy atom. The molecule has 0 heterocycles. The Balaban J connectivity index is 2.26. The van der Waals surface area contributed by atoms with E-state index in [1.54, 1.807) is 18.7 Å². The maximum Gasteiger partial charge on any atom is 0.0772 e. The summed E-state index contributed by atoms with van der Waals surface area (Å²) in [7, 11) is 0. The largest absolute Gasteiger partial charge is 0.389 e. The van der Waals surface area contributed by atoms with Crippen LogP contribution in [0.5, 0.6) is 0 Å². The molecule has 0 aliphatic carbocycles. The quantitative estimate of drug-likeness (QED) is 0.873. The van der Waals surface area contributed by atoms with Crippen molar-refractivity contribution in [2.45, 2.75) is 29.7 Å². The molecule has 1 nitrogen and oxygen atoms in total. The van der Waals surface area contributed by atoms with Crippen LogP contribution in [0.1, 0.15) is 24.2 Å². The predicted octanol–water partition coefficient (Wildman–Crippen LogP) is 4.20. The number of hydrogen-bond acceptors (Lipinski definition) is 2. The third-order valence-corrected chi connectivity index (χ3v) is 3.72. The van der Waals surface area contributed by atoms with Gasteiger partial charge in [-0.1, -0.05) is 47.7 Å².